The van der Waals surface area contributed by atoms with Crippen molar-refractivity contribution in [1.29, 1.82) is 0 Å². The maximum Gasteiger partial charge on any atom is 0.339 e. The fraction of sp³-hybridized carbons (Fsp3) is 0.111. The van der Waals surface area contributed by atoms with Crippen LogP contribution in [0.15, 0.2) is 23.8 Å². The Kier molecular flexibility index (Phi) is 1.98. The molecule has 0 unspecified atom stereocenters. The van der Waals surface area contributed by atoms with Crippen molar-refractivity contribution in [2.75, 3.05) is 7.11 Å². The number of methoxy groups -OCH3 is 1. The van der Waals surface area contributed by atoms with Gasteiger partial charge in [0.15, 0.2) is 0 Å². The molecule has 0 spiro atoms. The summed E-state index contributed by atoms with van der Waals surface area (Å²) >= 11 is 1.49. The number of thiophene rings is 1. The van der Waals surface area contributed by atoms with Gasteiger partial charge in [-0.2, -0.15) is 0 Å². The highest BCUT2D eigenvalue weighted by atomic mass is 32.1. The van der Waals surface area contributed by atoms with Crippen molar-refractivity contribution in [3.63, 3.8) is 0 Å². The number of carbonyl (C=O) groups is 1. The number of esters is 1. The van der Waals surface area contributed by atoms with Crippen molar-refractivity contribution in [2.24, 2.45) is 0 Å². The molecule has 0 bridgehead atoms. The van der Waals surface area contributed by atoms with Crippen molar-refractivity contribution in [3.8, 4) is 0 Å². The highest BCUT2D eigenvalue weighted by Gasteiger charge is 2.11. The van der Waals surface area contributed by atoms with Crippen LogP contribution in [0.25, 0.3) is 10.1 Å². The molecule has 0 aliphatic heterocycles. The third kappa shape index (κ3) is 1.29. The van der Waals surface area contributed by atoms with Gasteiger partial charge in [0.25, 0.3) is 0 Å². The largest absolute Gasteiger partial charge is 0.465 e. The SMILES string of the molecule is COC(=O)c1csc2cnccc12. The summed E-state index contributed by atoms with van der Waals surface area (Å²) in [5.41, 5.74) is 0.616. The molecule has 0 radical (unpaired) electrons. The number of pyridine rings is 1. The Morgan fingerprint density at radius 3 is 3.23 bits per heavy atom. The number of carbonyl (C=O) groups excluding carboxylic acids is 1. The number of hydrogen-bond donors (Lipinski definition) is 0. The van der Waals surface area contributed by atoms with Crippen LogP contribution in [0, 0.1) is 0 Å². The lowest BCUT2D eigenvalue weighted by Gasteiger charge is -1.95. The summed E-state index contributed by atoms with van der Waals surface area (Å²) in [7, 11) is 1.38. The van der Waals surface area contributed by atoms with E-state index in [0.717, 1.165) is 10.1 Å². The van der Waals surface area contributed by atoms with Crippen LogP contribution in [0.2, 0.25) is 0 Å². The van der Waals surface area contributed by atoms with E-state index in [9.17, 15) is 4.79 Å². The van der Waals surface area contributed by atoms with Gasteiger partial charge in [-0.15, -0.1) is 11.3 Å². The minimum Gasteiger partial charge on any atom is -0.465 e. The van der Waals surface area contributed by atoms with E-state index in [0.29, 0.717) is 5.56 Å². The number of ether oxygens (including phenoxy) is 1. The highest BCUT2D eigenvalue weighted by molar-refractivity contribution is 7.17. The lowest BCUT2D eigenvalue weighted by Crippen LogP contribution is -1.99. The predicted molar refractivity (Wildman–Crippen MR) is 51.0 cm³/mol. The number of rotatable bonds is 1. The Bertz CT molecular complexity index is 450. The monoisotopic (exact) mass is 193 g/mol. The Labute approximate surface area is 79.0 Å². The quantitative estimate of drug-likeness (QED) is 0.651. The first kappa shape index (κ1) is 8.19. The number of fused-ring (bicyclic) bond motifs is 1. The van der Waals surface area contributed by atoms with Crippen LogP contribution in [-0.2, 0) is 4.74 Å². The second-order valence-electron chi connectivity index (χ2n) is 2.51. The summed E-state index contributed by atoms with van der Waals surface area (Å²) in [6.07, 6.45) is 3.41. The molecule has 2 heterocycles. The van der Waals surface area contributed by atoms with Gasteiger partial charge in [-0.1, -0.05) is 0 Å². The lowest BCUT2D eigenvalue weighted by atomic mass is 10.2. The van der Waals surface area contributed by atoms with Gasteiger partial charge in [0.2, 0.25) is 0 Å². The fourth-order valence-corrected chi connectivity index (χ4v) is 2.05. The topological polar surface area (TPSA) is 39.2 Å². The van der Waals surface area contributed by atoms with E-state index in [1.165, 1.54) is 18.4 Å². The maximum absolute atomic E-state index is 11.3. The van der Waals surface area contributed by atoms with Gasteiger partial charge >= 0.3 is 5.97 Å². The molecular weight excluding hydrogens is 186 g/mol. The fourth-order valence-electron chi connectivity index (χ4n) is 1.15. The van der Waals surface area contributed by atoms with Crippen LogP contribution in [0.1, 0.15) is 10.4 Å². The third-order valence-electron chi connectivity index (χ3n) is 1.78. The Morgan fingerprint density at radius 1 is 1.62 bits per heavy atom. The second-order valence-corrected chi connectivity index (χ2v) is 3.42. The standard InChI is InChI=1S/C9H7NO2S/c1-12-9(11)7-5-13-8-4-10-3-2-6(7)8/h2-5H,1H3. The van der Waals surface area contributed by atoms with Gasteiger partial charge in [0.05, 0.1) is 17.4 Å². The summed E-state index contributed by atoms with van der Waals surface area (Å²) < 4.78 is 5.65. The highest BCUT2D eigenvalue weighted by Crippen LogP contribution is 2.24. The van der Waals surface area contributed by atoms with Crippen LogP contribution < -0.4 is 0 Å². The molecule has 0 fully saturated rings. The third-order valence-corrected chi connectivity index (χ3v) is 2.72. The first-order valence-corrected chi connectivity index (χ1v) is 4.60. The molecule has 0 N–H and O–H groups in total. The zero-order chi connectivity index (χ0) is 9.26. The molecular formula is C9H7NO2S. The predicted octanol–water partition coefficient (Wildman–Crippen LogP) is 2.08. The molecule has 3 nitrogen and oxygen atoms in total. The summed E-state index contributed by atoms with van der Waals surface area (Å²) in [6, 6.07) is 1.82. The Balaban J connectivity index is 2.64. The van der Waals surface area contributed by atoms with Crippen LogP contribution in [0.5, 0.6) is 0 Å². The van der Waals surface area contributed by atoms with E-state index in [-0.39, 0.29) is 5.97 Å². The van der Waals surface area contributed by atoms with E-state index in [4.69, 9.17) is 0 Å². The molecule has 0 saturated carbocycles. The van der Waals surface area contributed by atoms with Crippen LogP contribution in [-0.4, -0.2) is 18.1 Å². The van der Waals surface area contributed by atoms with Crippen molar-refractivity contribution >= 4 is 27.4 Å². The number of nitrogens with zero attached hydrogens (tertiary/aromatic N) is 1. The van der Waals surface area contributed by atoms with E-state index in [2.05, 4.69) is 9.72 Å². The van der Waals surface area contributed by atoms with Gasteiger partial charge in [-0.05, 0) is 6.07 Å². The number of hydrogen-bond acceptors (Lipinski definition) is 4. The first-order chi connectivity index (χ1) is 6.33. The molecule has 2 aromatic heterocycles. The minimum atomic E-state index is -0.294. The van der Waals surface area contributed by atoms with Gasteiger partial charge in [0, 0.05) is 23.2 Å². The lowest BCUT2D eigenvalue weighted by molar-refractivity contribution is 0.0603. The van der Waals surface area contributed by atoms with Gasteiger partial charge in [-0.25, -0.2) is 4.79 Å². The van der Waals surface area contributed by atoms with Crippen LogP contribution >= 0.6 is 11.3 Å². The molecule has 2 rings (SSSR count). The summed E-state index contributed by atoms with van der Waals surface area (Å²) in [6.45, 7) is 0. The van der Waals surface area contributed by atoms with Gasteiger partial charge in [0.1, 0.15) is 0 Å². The molecule has 66 valence electrons. The van der Waals surface area contributed by atoms with Crippen molar-refractivity contribution in [3.05, 3.63) is 29.4 Å². The second kappa shape index (κ2) is 3.14. The number of aromatic nitrogens is 1. The van der Waals surface area contributed by atoms with Gasteiger partial charge < -0.3 is 4.74 Å². The van der Waals surface area contributed by atoms with Crippen LogP contribution in [0.3, 0.4) is 0 Å². The van der Waals surface area contributed by atoms with Gasteiger partial charge in [-0.3, -0.25) is 4.98 Å². The molecule has 4 heteroatoms. The van der Waals surface area contributed by atoms with E-state index < -0.39 is 0 Å². The average molecular weight is 193 g/mol. The Hall–Kier alpha value is -1.42. The molecule has 13 heavy (non-hydrogen) atoms. The Morgan fingerprint density at radius 2 is 2.46 bits per heavy atom. The molecule has 0 aliphatic rings. The van der Waals surface area contributed by atoms with E-state index >= 15 is 0 Å². The zero-order valence-corrected chi connectivity index (χ0v) is 7.80. The molecule has 0 aliphatic carbocycles. The van der Waals surface area contributed by atoms with Crippen molar-refractivity contribution < 1.29 is 9.53 Å². The molecule has 2 aromatic rings. The molecule has 0 aromatic carbocycles. The van der Waals surface area contributed by atoms with Crippen LogP contribution in [0.4, 0.5) is 0 Å². The van der Waals surface area contributed by atoms with Crippen molar-refractivity contribution in [1.82, 2.24) is 4.98 Å². The maximum atomic E-state index is 11.3. The van der Waals surface area contributed by atoms with E-state index in [1.54, 1.807) is 17.8 Å². The summed E-state index contributed by atoms with van der Waals surface area (Å²) in [5, 5.41) is 2.70. The summed E-state index contributed by atoms with van der Waals surface area (Å²) in [5.74, 6) is -0.294. The molecule has 0 saturated heterocycles. The average Bonchev–Trinajstić information content (AvgIpc) is 2.60. The summed E-state index contributed by atoms with van der Waals surface area (Å²) in [4.78, 5) is 15.2. The zero-order valence-electron chi connectivity index (χ0n) is 6.98. The first-order valence-electron chi connectivity index (χ1n) is 3.72. The normalized spacial score (nSPS) is 10.2. The smallest absolute Gasteiger partial charge is 0.339 e. The molecule has 0 amide bonds. The minimum absolute atomic E-state index is 0.294. The molecule has 0 atom stereocenters. The van der Waals surface area contributed by atoms with E-state index in [1.807, 2.05) is 6.07 Å². The van der Waals surface area contributed by atoms with Crippen molar-refractivity contribution in [2.45, 2.75) is 0 Å².